The lowest BCUT2D eigenvalue weighted by molar-refractivity contribution is -0.141. The van der Waals surface area contributed by atoms with Crippen molar-refractivity contribution in [2.24, 2.45) is 0 Å². The summed E-state index contributed by atoms with van der Waals surface area (Å²) in [7, 11) is 2.94. The maximum atomic E-state index is 12.2. The molecule has 1 aliphatic heterocycles. The Balaban J connectivity index is 1.97. The molecule has 0 saturated carbocycles. The zero-order valence-electron chi connectivity index (χ0n) is 13.0. The lowest BCUT2D eigenvalue weighted by Crippen LogP contribution is -2.41. The molecule has 0 bridgehead atoms. The first-order valence-electron chi connectivity index (χ1n) is 6.99. The molecule has 124 valence electrons. The number of benzene rings is 1. The van der Waals surface area contributed by atoms with E-state index in [-0.39, 0.29) is 44.1 Å². The molecule has 8 heteroatoms. The van der Waals surface area contributed by atoms with Gasteiger partial charge in [-0.1, -0.05) is 11.6 Å². The fraction of sp³-hybridized carbons (Fsp3) is 0.400. The number of ether oxygens (including phenoxy) is 1. The molecule has 3 amide bonds. The largest absolute Gasteiger partial charge is 0.375 e. The van der Waals surface area contributed by atoms with E-state index in [0.717, 1.165) is 0 Å². The highest BCUT2D eigenvalue weighted by Crippen LogP contribution is 2.21. The van der Waals surface area contributed by atoms with Crippen LogP contribution in [0.1, 0.15) is 0 Å². The van der Waals surface area contributed by atoms with Crippen molar-refractivity contribution in [2.75, 3.05) is 45.4 Å². The molecule has 1 fully saturated rings. The van der Waals surface area contributed by atoms with Crippen LogP contribution in [0.2, 0.25) is 5.02 Å². The lowest BCUT2D eigenvalue weighted by atomic mass is 10.3. The maximum Gasteiger partial charge on any atom is 0.248 e. The molecule has 0 aliphatic carbocycles. The van der Waals surface area contributed by atoms with Gasteiger partial charge >= 0.3 is 0 Å². The van der Waals surface area contributed by atoms with Crippen LogP contribution in [0.3, 0.4) is 0 Å². The minimum absolute atomic E-state index is 0.00618. The van der Waals surface area contributed by atoms with Gasteiger partial charge in [0.25, 0.3) is 0 Å². The predicted octanol–water partition coefficient (Wildman–Crippen LogP) is 0.578. The van der Waals surface area contributed by atoms with E-state index in [9.17, 15) is 14.4 Å². The topological polar surface area (TPSA) is 70.2 Å². The van der Waals surface area contributed by atoms with E-state index in [2.05, 4.69) is 0 Å². The van der Waals surface area contributed by atoms with Crippen molar-refractivity contribution in [2.45, 2.75) is 0 Å². The van der Waals surface area contributed by atoms with E-state index >= 15 is 0 Å². The summed E-state index contributed by atoms with van der Waals surface area (Å²) >= 11 is 5.83. The van der Waals surface area contributed by atoms with Crippen molar-refractivity contribution >= 4 is 35.0 Å². The number of hydrogen-bond acceptors (Lipinski definition) is 4. The van der Waals surface area contributed by atoms with Gasteiger partial charge in [-0.05, 0) is 24.3 Å². The van der Waals surface area contributed by atoms with Crippen molar-refractivity contribution < 1.29 is 19.1 Å². The summed E-state index contributed by atoms with van der Waals surface area (Å²) in [5.41, 5.74) is 0.679. The van der Waals surface area contributed by atoms with E-state index in [1.165, 1.54) is 28.9 Å². The monoisotopic (exact) mass is 339 g/mol. The number of nitrogens with zero attached hydrogens (tertiary/aromatic N) is 3. The number of amides is 3. The van der Waals surface area contributed by atoms with E-state index in [1.807, 2.05) is 0 Å². The van der Waals surface area contributed by atoms with Crippen molar-refractivity contribution in [3.8, 4) is 0 Å². The molecule has 2 rings (SSSR count). The van der Waals surface area contributed by atoms with Crippen LogP contribution in [0.4, 0.5) is 5.69 Å². The summed E-state index contributed by atoms with van der Waals surface area (Å²) in [5.74, 6) is -0.755. The number of likely N-dealkylation sites (N-methyl/N-ethyl adjacent to an activating group) is 1. The SMILES string of the molecule is COCC(=O)N(C)CC(=O)N1CC(=O)N(c2ccc(Cl)cc2)C1. The minimum atomic E-state index is -0.291. The molecule has 23 heavy (non-hydrogen) atoms. The molecular formula is C15H18ClN3O4. The van der Waals surface area contributed by atoms with Gasteiger partial charge in [-0.2, -0.15) is 0 Å². The van der Waals surface area contributed by atoms with E-state index in [4.69, 9.17) is 16.3 Å². The van der Waals surface area contributed by atoms with Crippen LogP contribution in [0, 0.1) is 0 Å². The number of hydrogen-bond donors (Lipinski definition) is 0. The number of anilines is 1. The van der Waals surface area contributed by atoms with Crippen LogP contribution in [0.5, 0.6) is 0 Å². The molecule has 0 spiro atoms. The Morgan fingerprint density at radius 2 is 1.96 bits per heavy atom. The fourth-order valence-electron chi connectivity index (χ4n) is 2.19. The van der Waals surface area contributed by atoms with Crippen LogP contribution in [0.25, 0.3) is 0 Å². The third-order valence-corrected chi connectivity index (χ3v) is 3.75. The van der Waals surface area contributed by atoms with Gasteiger partial charge in [-0.3, -0.25) is 19.3 Å². The molecule has 7 nitrogen and oxygen atoms in total. The maximum absolute atomic E-state index is 12.2. The van der Waals surface area contributed by atoms with Gasteiger partial charge in [0.1, 0.15) is 19.8 Å². The summed E-state index contributed by atoms with van der Waals surface area (Å²) in [6, 6.07) is 6.82. The standard InChI is InChI=1S/C15H18ClN3O4/c1-17(15(22)9-23-2)7-13(20)18-8-14(21)19(10-18)12-5-3-11(16)4-6-12/h3-6H,7-10H2,1-2H3. The third kappa shape index (κ3) is 4.20. The van der Waals surface area contributed by atoms with Gasteiger partial charge in [-0.25, -0.2) is 0 Å². The quantitative estimate of drug-likeness (QED) is 0.786. The Labute approximate surface area is 139 Å². The molecule has 0 atom stereocenters. The van der Waals surface area contributed by atoms with Gasteiger partial charge in [0.05, 0.1) is 6.54 Å². The molecule has 1 aromatic rings. The summed E-state index contributed by atoms with van der Waals surface area (Å²) < 4.78 is 4.74. The minimum Gasteiger partial charge on any atom is -0.375 e. The number of carbonyl (C=O) groups is 3. The predicted molar refractivity (Wildman–Crippen MR) is 85.0 cm³/mol. The van der Waals surface area contributed by atoms with Crippen LogP contribution in [-0.2, 0) is 19.1 Å². The highest BCUT2D eigenvalue weighted by atomic mass is 35.5. The van der Waals surface area contributed by atoms with Crippen molar-refractivity contribution in [1.82, 2.24) is 9.80 Å². The van der Waals surface area contributed by atoms with E-state index < -0.39 is 0 Å². The van der Waals surface area contributed by atoms with Gasteiger partial charge in [0.2, 0.25) is 17.7 Å². The average molecular weight is 340 g/mol. The number of methoxy groups -OCH3 is 1. The van der Waals surface area contributed by atoms with Gasteiger partial charge in [-0.15, -0.1) is 0 Å². The lowest BCUT2D eigenvalue weighted by Gasteiger charge is -2.21. The molecule has 0 N–H and O–H groups in total. The second-order valence-electron chi connectivity index (χ2n) is 5.21. The Morgan fingerprint density at radius 3 is 2.57 bits per heavy atom. The summed E-state index contributed by atoms with van der Waals surface area (Å²) in [5, 5.41) is 0.576. The molecular weight excluding hydrogens is 322 g/mol. The first kappa shape index (κ1) is 17.2. The van der Waals surface area contributed by atoms with E-state index in [0.29, 0.717) is 10.7 Å². The number of carbonyl (C=O) groups excluding carboxylic acids is 3. The van der Waals surface area contributed by atoms with Gasteiger partial charge in [0, 0.05) is 24.9 Å². The molecule has 0 radical (unpaired) electrons. The second-order valence-corrected chi connectivity index (χ2v) is 5.65. The van der Waals surface area contributed by atoms with Crippen LogP contribution < -0.4 is 4.90 Å². The highest BCUT2D eigenvalue weighted by Gasteiger charge is 2.32. The van der Waals surface area contributed by atoms with Crippen molar-refractivity contribution in [1.29, 1.82) is 0 Å². The fourth-order valence-corrected chi connectivity index (χ4v) is 2.31. The zero-order chi connectivity index (χ0) is 17.0. The Kier molecular flexibility index (Phi) is 5.57. The number of rotatable bonds is 5. The van der Waals surface area contributed by atoms with Gasteiger partial charge < -0.3 is 14.5 Å². The first-order chi connectivity index (χ1) is 10.9. The van der Waals surface area contributed by atoms with Crippen LogP contribution in [0.15, 0.2) is 24.3 Å². The average Bonchev–Trinajstić information content (AvgIpc) is 2.90. The Hall–Kier alpha value is -2.12. The molecule has 0 aromatic heterocycles. The van der Waals surface area contributed by atoms with Crippen molar-refractivity contribution in [3.05, 3.63) is 29.3 Å². The van der Waals surface area contributed by atoms with Gasteiger partial charge in [0.15, 0.2) is 0 Å². The Morgan fingerprint density at radius 1 is 1.30 bits per heavy atom. The third-order valence-electron chi connectivity index (χ3n) is 3.50. The zero-order valence-corrected chi connectivity index (χ0v) is 13.7. The normalized spacial score (nSPS) is 14.3. The molecule has 1 aromatic carbocycles. The smallest absolute Gasteiger partial charge is 0.248 e. The number of halogens is 1. The van der Waals surface area contributed by atoms with Crippen LogP contribution >= 0.6 is 11.6 Å². The summed E-state index contributed by atoms with van der Waals surface area (Å²) in [4.78, 5) is 40.1. The van der Waals surface area contributed by atoms with Crippen LogP contribution in [-0.4, -0.2) is 68.0 Å². The molecule has 0 unspecified atom stereocenters. The highest BCUT2D eigenvalue weighted by molar-refractivity contribution is 6.30. The molecule has 1 aliphatic rings. The Bertz CT molecular complexity index is 605. The molecule has 1 heterocycles. The summed E-state index contributed by atoms with van der Waals surface area (Å²) in [6.45, 7) is -0.0249. The second kappa shape index (κ2) is 7.43. The summed E-state index contributed by atoms with van der Waals surface area (Å²) in [6.07, 6.45) is 0. The van der Waals surface area contributed by atoms with E-state index in [1.54, 1.807) is 24.3 Å². The van der Waals surface area contributed by atoms with Crippen molar-refractivity contribution in [3.63, 3.8) is 0 Å². The molecule has 1 saturated heterocycles. The first-order valence-corrected chi connectivity index (χ1v) is 7.36.